The SMILES string of the molecule is COC(O)c1ccccccccc1. The van der Waals surface area contributed by atoms with Crippen LogP contribution in [0.5, 0.6) is 0 Å². The van der Waals surface area contributed by atoms with Crippen LogP contribution in [0.2, 0.25) is 0 Å². The van der Waals surface area contributed by atoms with E-state index in [-0.39, 0.29) is 0 Å². The topological polar surface area (TPSA) is 29.5 Å². The van der Waals surface area contributed by atoms with E-state index in [1.807, 2.05) is 54.6 Å². The molecule has 14 heavy (non-hydrogen) atoms. The normalized spacial score (nSPS) is 11.6. The molecule has 0 aliphatic heterocycles. The minimum Gasteiger partial charge on any atom is -0.364 e. The van der Waals surface area contributed by atoms with Gasteiger partial charge in [-0.1, -0.05) is 54.6 Å². The van der Waals surface area contributed by atoms with Gasteiger partial charge in [0.2, 0.25) is 0 Å². The highest BCUT2D eigenvalue weighted by atomic mass is 16.6. The Morgan fingerprint density at radius 3 is 1.79 bits per heavy atom. The fraction of sp³-hybridized carbons (Fsp3) is 0.167. The highest BCUT2D eigenvalue weighted by molar-refractivity contribution is 5.12. The second kappa shape index (κ2) is 6.13. The summed E-state index contributed by atoms with van der Waals surface area (Å²) in [6.45, 7) is 0. The molecule has 1 aromatic rings. The van der Waals surface area contributed by atoms with Gasteiger partial charge in [-0.3, -0.25) is 0 Å². The first-order chi connectivity index (χ1) is 6.84. The van der Waals surface area contributed by atoms with Crippen molar-refractivity contribution in [3.8, 4) is 0 Å². The smallest absolute Gasteiger partial charge is 0.180 e. The van der Waals surface area contributed by atoms with Gasteiger partial charge in [0.25, 0.3) is 0 Å². The molecule has 0 saturated carbocycles. The van der Waals surface area contributed by atoms with Gasteiger partial charge in [0, 0.05) is 12.7 Å². The zero-order valence-electron chi connectivity index (χ0n) is 8.13. The summed E-state index contributed by atoms with van der Waals surface area (Å²) >= 11 is 0. The predicted octanol–water partition coefficient (Wildman–Crippen LogP) is 2.45. The molecule has 1 rings (SSSR count). The largest absolute Gasteiger partial charge is 0.364 e. The zero-order chi connectivity index (χ0) is 10.2. The minimum atomic E-state index is -0.868. The van der Waals surface area contributed by atoms with E-state index >= 15 is 0 Å². The predicted molar refractivity (Wildman–Crippen MR) is 56.0 cm³/mol. The van der Waals surface area contributed by atoms with Crippen LogP contribution in [0, 0.1) is 0 Å². The molecule has 1 atom stereocenters. The van der Waals surface area contributed by atoms with Crippen LogP contribution < -0.4 is 0 Å². The Kier molecular flexibility index (Phi) is 4.69. The van der Waals surface area contributed by atoms with Gasteiger partial charge in [-0.15, -0.1) is 0 Å². The zero-order valence-corrected chi connectivity index (χ0v) is 8.13. The fourth-order valence-electron chi connectivity index (χ4n) is 1.01. The minimum absolute atomic E-state index is 0.726. The summed E-state index contributed by atoms with van der Waals surface area (Å²) in [5.74, 6) is 0. The second-order valence-corrected chi connectivity index (χ2v) is 2.77. The first kappa shape index (κ1) is 10.7. The van der Waals surface area contributed by atoms with Crippen LogP contribution in [-0.2, 0) is 4.74 Å². The van der Waals surface area contributed by atoms with Crippen LogP contribution >= 0.6 is 0 Å². The average Bonchev–Trinajstić information content (AvgIpc) is 2.24. The van der Waals surface area contributed by atoms with Crippen LogP contribution in [-0.4, -0.2) is 12.2 Å². The number of aliphatic hydroxyl groups is 1. The van der Waals surface area contributed by atoms with Crippen LogP contribution in [0.15, 0.2) is 54.6 Å². The number of methoxy groups -OCH3 is 1. The van der Waals surface area contributed by atoms with Gasteiger partial charge >= 0.3 is 0 Å². The summed E-state index contributed by atoms with van der Waals surface area (Å²) in [4.78, 5) is 0. The lowest BCUT2D eigenvalue weighted by atomic mass is 10.2. The molecular weight excluding hydrogens is 176 g/mol. The first-order valence-electron chi connectivity index (χ1n) is 4.43. The Balaban J connectivity index is 3.07. The molecule has 2 heteroatoms. The summed E-state index contributed by atoms with van der Waals surface area (Å²) < 4.78 is 4.82. The third kappa shape index (κ3) is 3.56. The van der Waals surface area contributed by atoms with Gasteiger partial charge in [0.05, 0.1) is 0 Å². The number of ether oxygens (including phenoxy) is 1. The van der Waals surface area contributed by atoms with E-state index in [1.165, 1.54) is 7.11 Å². The molecule has 0 heterocycles. The molecule has 0 aromatic heterocycles. The van der Waals surface area contributed by atoms with E-state index in [0.29, 0.717) is 0 Å². The molecule has 0 amide bonds. The summed E-state index contributed by atoms with van der Waals surface area (Å²) in [6, 6.07) is 16.9. The standard InChI is InChI=1S/C12H14O2/c1-14-12(13)11-9-7-5-3-2-4-6-8-10-11/h2-10,12-13H,1H3. The Morgan fingerprint density at radius 1 is 0.929 bits per heavy atom. The third-order valence-electron chi connectivity index (χ3n) is 1.75. The maximum atomic E-state index is 9.44. The van der Waals surface area contributed by atoms with E-state index in [4.69, 9.17) is 4.74 Å². The molecule has 0 aliphatic rings. The highest BCUT2D eigenvalue weighted by Gasteiger charge is 2.00. The molecule has 0 saturated heterocycles. The van der Waals surface area contributed by atoms with Crippen LogP contribution in [0.25, 0.3) is 0 Å². The van der Waals surface area contributed by atoms with Gasteiger partial charge in [-0.25, -0.2) is 0 Å². The quantitative estimate of drug-likeness (QED) is 0.726. The lowest BCUT2D eigenvalue weighted by Crippen LogP contribution is -1.97. The molecule has 74 valence electrons. The third-order valence-corrected chi connectivity index (χ3v) is 1.75. The number of rotatable bonds is 2. The number of hydrogen-bond acceptors (Lipinski definition) is 2. The van der Waals surface area contributed by atoms with Crippen molar-refractivity contribution in [2.75, 3.05) is 7.11 Å². The van der Waals surface area contributed by atoms with E-state index in [2.05, 4.69) is 0 Å². The monoisotopic (exact) mass is 190 g/mol. The maximum Gasteiger partial charge on any atom is 0.180 e. The highest BCUT2D eigenvalue weighted by Crippen LogP contribution is 2.09. The molecule has 0 bridgehead atoms. The second-order valence-electron chi connectivity index (χ2n) is 2.77. The number of hydrogen-bond donors (Lipinski definition) is 1. The summed E-state index contributed by atoms with van der Waals surface area (Å²) in [5.41, 5.74) is 0.726. The lowest BCUT2D eigenvalue weighted by Gasteiger charge is -2.05. The van der Waals surface area contributed by atoms with Crippen LogP contribution in [0.3, 0.4) is 0 Å². The summed E-state index contributed by atoms with van der Waals surface area (Å²) in [5, 5.41) is 9.44. The lowest BCUT2D eigenvalue weighted by molar-refractivity contribution is -0.0768. The molecular formula is C12H14O2. The van der Waals surface area contributed by atoms with Crippen molar-refractivity contribution >= 4 is 0 Å². The first-order valence-corrected chi connectivity index (χ1v) is 4.43. The Bertz CT molecular complexity index is 297. The van der Waals surface area contributed by atoms with Gasteiger partial charge in [-0.2, -0.15) is 0 Å². The fourth-order valence-corrected chi connectivity index (χ4v) is 1.01. The molecule has 0 spiro atoms. The van der Waals surface area contributed by atoms with Crippen LogP contribution in [0.4, 0.5) is 0 Å². The van der Waals surface area contributed by atoms with E-state index in [0.717, 1.165) is 5.56 Å². The Morgan fingerprint density at radius 2 is 1.36 bits per heavy atom. The van der Waals surface area contributed by atoms with Crippen molar-refractivity contribution in [1.82, 2.24) is 0 Å². The maximum absolute atomic E-state index is 9.44. The molecule has 2 nitrogen and oxygen atoms in total. The van der Waals surface area contributed by atoms with Crippen molar-refractivity contribution < 1.29 is 9.84 Å². The van der Waals surface area contributed by atoms with E-state index in [9.17, 15) is 5.11 Å². The van der Waals surface area contributed by atoms with Crippen molar-refractivity contribution in [3.05, 3.63) is 60.2 Å². The summed E-state index contributed by atoms with van der Waals surface area (Å²) in [6.07, 6.45) is -0.868. The number of aliphatic hydroxyl groups excluding tert-OH is 1. The van der Waals surface area contributed by atoms with Gasteiger partial charge < -0.3 is 9.84 Å². The van der Waals surface area contributed by atoms with Gasteiger partial charge in [-0.05, 0) is 0 Å². The van der Waals surface area contributed by atoms with Crippen molar-refractivity contribution in [2.45, 2.75) is 6.29 Å². The molecule has 1 aromatic carbocycles. The Labute approximate surface area is 84.1 Å². The summed E-state index contributed by atoms with van der Waals surface area (Å²) in [7, 11) is 1.47. The Hall–Kier alpha value is -1.38. The molecule has 0 radical (unpaired) electrons. The van der Waals surface area contributed by atoms with Crippen molar-refractivity contribution in [1.29, 1.82) is 0 Å². The van der Waals surface area contributed by atoms with Crippen LogP contribution in [0.1, 0.15) is 11.9 Å². The van der Waals surface area contributed by atoms with Gasteiger partial charge in [0.15, 0.2) is 6.29 Å². The molecule has 0 aliphatic carbocycles. The van der Waals surface area contributed by atoms with E-state index < -0.39 is 6.29 Å². The molecule has 1 unspecified atom stereocenters. The van der Waals surface area contributed by atoms with Gasteiger partial charge in [0.1, 0.15) is 0 Å². The van der Waals surface area contributed by atoms with E-state index in [1.54, 1.807) is 0 Å². The molecule has 0 fully saturated rings. The molecule has 1 N–H and O–H groups in total. The van der Waals surface area contributed by atoms with Crippen molar-refractivity contribution in [2.24, 2.45) is 0 Å². The average molecular weight is 190 g/mol. The van der Waals surface area contributed by atoms with Crippen molar-refractivity contribution in [3.63, 3.8) is 0 Å².